The lowest BCUT2D eigenvalue weighted by molar-refractivity contribution is 0.0767. The Bertz CT molecular complexity index is 388. The Balaban J connectivity index is 1.90. The molecule has 0 unspecified atom stereocenters. The van der Waals surface area contributed by atoms with E-state index in [1.54, 1.807) is 12.1 Å². The zero-order valence-electron chi connectivity index (χ0n) is 9.91. The number of nitrogens with zero attached hydrogens (tertiary/aromatic N) is 1. The van der Waals surface area contributed by atoms with Crippen LogP contribution in [0.4, 0.5) is 0 Å². The van der Waals surface area contributed by atoms with Crippen LogP contribution < -0.4 is 5.32 Å². The number of piperidine rings is 1. The fraction of sp³-hybridized carbons (Fsp3) is 0.583. The lowest BCUT2D eigenvalue weighted by Crippen LogP contribution is -2.36. The van der Waals surface area contributed by atoms with Crippen LogP contribution in [0.2, 0.25) is 4.34 Å². The molecule has 0 aliphatic carbocycles. The van der Waals surface area contributed by atoms with Crippen LogP contribution in [0.1, 0.15) is 22.5 Å². The van der Waals surface area contributed by atoms with Gasteiger partial charge in [-0.3, -0.25) is 4.79 Å². The summed E-state index contributed by atoms with van der Waals surface area (Å²) in [5, 5.41) is 3.33. The minimum absolute atomic E-state index is 0.0837. The third-order valence-corrected chi connectivity index (χ3v) is 4.34. The van der Waals surface area contributed by atoms with E-state index in [9.17, 15) is 4.79 Å². The summed E-state index contributed by atoms with van der Waals surface area (Å²) in [7, 11) is 1.87. The molecule has 5 heteroatoms. The van der Waals surface area contributed by atoms with E-state index in [-0.39, 0.29) is 5.91 Å². The minimum atomic E-state index is 0.0837. The molecule has 1 aromatic rings. The van der Waals surface area contributed by atoms with Gasteiger partial charge in [0.1, 0.15) is 0 Å². The van der Waals surface area contributed by atoms with Gasteiger partial charge in [-0.15, -0.1) is 11.3 Å². The largest absolute Gasteiger partial charge is 0.341 e. The summed E-state index contributed by atoms with van der Waals surface area (Å²) in [5.41, 5.74) is 0. The van der Waals surface area contributed by atoms with E-state index in [1.807, 2.05) is 11.9 Å². The van der Waals surface area contributed by atoms with Crippen molar-refractivity contribution in [3.8, 4) is 0 Å². The Morgan fingerprint density at radius 3 is 2.82 bits per heavy atom. The molecule has 94 valence electrons. The number of rotatable bonds is 3. The summed E-state index contributed by atoms with van der Waals surface area (Å²) in [6, 6.07) is 3.58. The van der Waals surface area contributed by atoms with Crippen LogP contribution in [0, 0.1) is 5.92 Å². The van der Waals surface area contributed by atoms with Gasteiger partial charge >= 0.3 is 0 Å². The van der Waals surface area contributed by atoms with Gasteiger partial charge in [0, 0.05) is 13.6 Å². The van der Waals surface area contributed by atoms with Crippen molar-refractivity contribution in [3.05, 3.63) is 21.3 Å². The standard InChI is InChI=1S/C12H17ClN2OS/c1-15(8-9-4-6-14-7-5-9)12(16)10-2-3-11(13)17-10/h2-3,9,14H,4-8H2,1H3. The molecule has 2 heterocycles. The smallest absolute Gasteiger partial charge is 0.263 e. The first-order chi connectivity index (χ1) is 8.16. The molecule has 0 bridgehead atoms. The SMILES string of the molecule is CN(CC1CCNCC1)C(=O)c1ccc(Cl)s1. The van der Waals surface area contributed by atoms with Gasteiger partial charge in [-0.05, 0) is 44.0 Å². The number of hydrogen-bond donors (Lipinski definition) is 1. The van der Waals surface area contributed by atoms with Gasteiger partial charge < -0.3 is 10.2 Å². The number of nitrogens with one attached hydrogen (secondary N) is 1. The van der Waals surface area contributed by atoms with Gasteiger partial charge in [0.15, 0.2) is 0 Å². The molecule has 1 fully saturated rings. The van der Waals surface area contributed by atoms with Gasteiger partial charge in [-0.1, -0.05) is 11.6 Å². The van der Waals surface area contributed by atoms with Gasteiger partial charge in [-0.2, -0.15) is 0 Å². The monoisotopic (exact) mass is 272 g/mol. The van der Waals surface area contributed by atoms with Crippen molar-refractivity contribution in [1.29, 1.82) is 0 Å². The quantitative estimate of drug-likeness (QED) is 0.917. The Kier molecular flexibility index (Phi) is 4.42. The first kappa shape index (κ1) is 12.9. The Hall–Kier alpha value is -0.580. The number of amides is 1. The molecule has 17 heavy (non-hydrogen) atoms. The van der Waals surface area contributed by atoms with E-state index in [0.717, 1.165) is 37.4 Å². The van der Waals surface area contributed by atoms with Gasteiger partial charge in [0.25, 0.3) is 5.91 Å². The molecule has 1 N–H and O–H groups in total. The highest BCUT2D eigenvalue weighted by molar-refractivity contribution is 7.17. The summed E-state index contributed by atoms with van der Waals surface area (Å²) in [6.07, 6.45) is 2.31. The number of hydrogen-bond acceptors (Lipinski definition) is 3. The van der Waals surface area contributed by atoms with E-state index in [4.69, 9.17) is 11.6 Å². The minimum Gasteiger partial charge on any atom is -0.341 e. The van der Waals surface area contributed by atoms with E-state index in [1.165, 1.54) is 11.3 Å². The second kappa shape index (κ2) is 5.85. The summed E-state index contributed by atoms with van der Waals surface area (Å²) < 4.78 is 0.670. The van der Waals surface area contributed by atoms with Crippen LogP contribution >= 0.6 is 22.9 Å². The molecular formula is C12H17ClN2OS. The predicted molar refractivity (Wildman–Crippen MR) is 71.9 cm³/mol. The summed E-state index contributed by atoms with van der Waals surface area (Å²) in [5.74, 6) is 0.709. The maximum absolute atomic E-state index is 12.1. The van der Waals surface area contributed by atoms with E-state index in [2.05, 4.69) is 5.32 Å². The maximum atomic E-state index is 12.1. The number of halogens is 1. The molecular weight excluding hydrogens is 256 g/mol. The third kappa shape index (κ3) is 3.44. The molecule has 0 aromatic carbocycles. The van der Waals surface area contributed by atoms with Crippen molar-refractivity contribution in [2.45, 2.75) is 12.8 Å². The predicted octanol–water partition coefficient (Wildman–Crippen LogP) is 2.47. The van der Waals surface area contributed by atoms with Crippen molar-refractivity contribution < 1.29 is 4.79 Å². The zero-order valence-corrected chi connectivity index (χ0v) is 11.5. The molecule has 1 aliphatic rings. The average molecular weight is 273 g/mol. The van der Waals surface area contributed by atoms with Crippen LogP contribution in [-0.4, -0.2) is 37.5 Å². The van der Waals surface area contributed by atoms with Crippen molar-refractivity contribution in [3.63, 3.8) is 0 Å². The highest BCUT2D eigenvalue weighted by Gasteiger charge is 2.19. The van der Waals surface area contributed by atoms with Crippen LogP contribution in [0.3, 0.4) is 0 Å². The second-order valence-corrected chi connectivity index (χ2v) is 6.20. The average Bonchev–Trinajstić information content (AvgIpc) is 2.76. The summed E-state index contributed by atoms with van der Waals surface area (Å²) in [4.78, 5) is 14.6. The van der Waals surface area contributed by atoms with Crippen LogP contribution in [0.15, 0.2) is 12.1 Å². The molecule has 2 rings (SSSR count). The Labute approximate surface area is 111 Å². The molecule has 0 atom stereocenters. The molecule has 0 spiro atoms. The van der Waals surface area contributed by atoms with Crippen LogP contribution in [-0.2, 0) is 0 Å². The van der Waals surface area contributed by atoms with Gasteiger partial charge in [-0.25, -0.2) is 0 Å². The summed E-state index contributed by atoms with van der Waals surface area (Å²) in [6.45, 7) is 2.98. The molecule has 0 radical (unpaired) electrons. The fourth-order valence-corrected chi connectivity index (χ4v) is 3.19. The zero-order chi connectivity index (χ0) is 12.3. The van der Waals surface area contributed by atoms with Crippen molar-refractivity contribution in [2.75, 3.05) is 26.7 Å². The molecule has 0 saturated carbocycles. The normalized spacial score (nSPS) is 17.1. The highest BCUT2D eigenvalue weighted by Crippen LogP contribution is 2.23. The molecule has 1 aromatic heterocycles. The maximum Gasteiger partial charge on any atom is 0.263 e. The second-order valence-electron chi connectivity index (χ2n) is 4.48. The van der Waals surface area contributed by atoms with Crippen molar-refractivity contribution in [2.24, 2.45) is 5.92 Å². The Morgan fingerprint density at radius 2 is 2.24 bits per heavy atom. The third-order valence-electron chi connectivity index (χ3n) is 3.12. The topological polar surface area (TPSA) is 32.3 Å². The first-order valence-corrected chi connectivity index (χ1v) is 7.08. The number of thiophene rings is 1. The number of carbonyl (C=O) groups excluding carboxylic acids is 1. The summed E-state index contributed by atoms with van der Waals surface area (Å²) >= 11 is 7.19. The van der Waals surface area contributed by atoms with Crippen molar-refractivity contribution >= 4 is 28.8 Å². The van der Waals surface area contributed by atoms with E-state index < -0.39 is 0 Å². The van der Waals surface area contributed by atoms with Crippen molar-refractivity contribution in [1.82, 2.24) is 10.2 Å². The Morgan fingerprint density at radius 1 is 1.53 bits per heavy atom. The van der Waals surface area contributed by atoms with E-state index >= 15 is 0 Å². The van der Waals surface area contributed by atoms with Gasteiger partial charge in [0.05, 0.1) is 9.21 Å². The highest BCUT2D eigenvalue weighted by atomic mass is 35.5. The van der Waals surface area contributed by atoms with Crippen LogP contribution in [0.5, 0.6) is 0 Å². The van der Waals surface area contributed by atoms with Crippen LogP contribution in [0.25, 0.3) is 0 Å². The lowest BCUT2D eigenvalue weighted by atomic mass is 9.98. The molecule has 1 saturated heterocycles. The molecule has 1 amide bonds. The van der Waals surface area contributed by atoms with E-state index in [0.29, 0.717) is 10.3 Å². The fourth-order valence-electron chi connectivity index (χ4n) is 2.15. The first-order valence-electron chi connectivity index (χ1n) is 5.88. The molecule has 3 nitrogen and oxygen atoms in total. The number of carbonyl (C=O) groups is 1. The lowest BCUT2D eigenvalue weighted by Gasteiger charge is -2.27. The van der Waals surface area contributed by atoms with Gasteiger partial charge in [0.2, 0.25) is 0 Å². The molecule has 1 aliphatic heterocycles.